The molecule has 0 aliphatic rings. The highest BCUT2D eigenvalue weighted by molar-refractivity contribution is 6.01. The molecule has 1 rings (SSSR count). The van der Waals surface area contributed by atoms with Gasteiger partial charge in [-0.25, -0.2) is 0 Å². The summed E-state index contributed by atoms with van der Waals surface area (Å²) in [5.41, 5.74) is 6.41. The fraction of sp³-hybridized carbons (Fsp3) is 0.222. The normalized spacial score (nSPS) is 9.69. The summed E-state index contributed by atoms with van der Waals surface area (Å²) in [5, 5.41) is 0. The van der Waals surface area contributed by atoms with Gasteiger partial charge in [-0.3, -0.25) is 14.6 Å². The molecule has 1 aromatic heterocycles. The Morgan fingerprint density at radius 2 is 1.92 bits per heavy atom. The number of nitrogen functional groups attached to an aromatic ring is 1. The fourth-order valence-corrected chi connectivity index (χ4v) is 0.963. The molecule has 68 valence electrons. The highest BCUT2D eigenvalue weighted by Crippen LogP contribution is 2.12. The minimum absolute atomic E-state index is 0.164. The number of hydrogen-bond acceptors (Lipinski definition) is 4. The Morgan fingerprint density at radius 3 is 2.38 bits per heavy atom. The third kappa shape index (κ3) is 1.90. The first-order valence-corrected chi connectivity index (χ1v) is 3.79. The van der Waals surface area contributed by atoms with Crippen LogP contribution in [-0.4, -0.2) is 16.6 Å². The number of hydrogen-bond donors (Lipinski definition) is 1. The number of aromatic nitrogens is 1. The molecule has 4 nitrogen and oxygen atoms in total. The van der Waals surface area contributed by atoms with Crippen LogP contribution in [0.15, 0.2) is 12.3 Å². The molecule has 0 unspecified atom stereocenters. The zero-order valence-corrected chi connectivity index (χ0v) is 7.50. The monoisotopic (exact) mass is 178 g/mol. The minimum Gasteiger partial charge on any atom is -0.397 e. The second-order valence-corrected chi connectivity index (χ2v) is 2.77. The van der Waals surface area contributed by atoms with Gasteiger partial charge in [-0.05, 0) is 13.0 Å². The Kier molecular flexibility index (Phi) is 2.41. The Morgan fingerprint density at radius 1 is 1.31 bits per heavy atom. The van der Waals surface area contributed by atoms with Crippen molar-refractivity contribution in [2.24, 2.45) is 0 Å². The van der Waals surface area contributed by atoms with Gasteiger partial charge in [-0.15, -0.1) is 0 Å². The lowest BCUT2D eigenvalue weighted by molar-refractivity contribution is 0.101. The quantitative estimate of drug-likeness (QED) is 0.687. The van der Waals surface area contributed by atoms with E-state index in [0.717, 1.165) is 0 Å². The first-order chi connectivity index (χ1) is 6.02. The molecular formula is C9H10N2O2. The van der Waals surface area contributed by atoms with Crippen LogP contribution < -0.4 is 5.73 Å². The van der Waals surface area contributed by atoms with Crippen molar-refractivity contribution >= 4 is 17.3 Å². The van der Waals surface area contributed by atoms with Crippen molar-refractivity contribution in [1.82, 2.24) is 4.98 Å². The van der Waals surface area contributed by atoms with Crippen LogP contribution >= 0.6 is 0 Å². The van der Waals surface area contributed by atoms with E-state index in [4.69, 9.17) is 5.73 Å². The third-order valence-electron chi connectivity index (χ3n) is 1.67. The van der Waals surface area contributed by atoms with Crippen molar-refractivity contribution in [2.75, 3.05) is 5.73 Å². The van der Waals surface area contributed by atoms with Gasteiger partial charge in [0.15, 0.2) is 11.6 Å². The average Bonchev–Trinajstić information content (AvgIpc) is 2.04. The highest BCUT2D eigenvalue weighted by Gasteiger charge is 2.08. The molecule has 1 aromatic rings. The first-order valence-electron chi connectivity index (χ1n) is 3.79. The number of pyridine rings is 1. The number of anilines is 1. The molecule has 0 radical (unpaired) electrons. The predicted molar refractivity (Wildman–Crippen MR) is 48.7 cm³/mol. The van der Waals surface area contributed by atoms with Crippen molar-refractivity contribution in [3.63, 3.8) is 0 Å². The topological polar surface area (TPSA) is 73.0 Å². The Balaban J connectivity index is 3.27. The molecule has 0 amide bonds. The molecule has 13 heavy (non-hydrogen) atoms. The molecule has 0 atom stereocenters. The largest absolute Gasteiger partial charge is 0.397 e. The van der Waals surface area contributed by atoms with Gasteiger partial charge in [-0.2, -0.15) is 0 Å². The van der Waals surface area contributed by atoms with E-state index < -0.39 is 0 Å². The molecule has 0 aromatic carbocycles. The van der Waals surface area contributed by atoms with Crippen molar-refractivity contribution in [1.29, 1.82) is 0 Å². The number of carbonyl (C=O) groups excluding carboxylic acids is 2. The number of carbonyl (C=O) groups is 2. The van der Waals surface area contributed by atoms with Crippen molar-refractivity contribution in [2.45, 2.75) is 13.8 Å². The van der Waals surface area contributed by atoms with Crippen molar-refractivity contribution in [3.05, 3.63) is 23.5 Å². The fourth-order valence-electron chi connectivity index (χ4n) is 0.963. The van der Waals surface area contributed by atoms with Crippen molar-refractivity contribution < 1.29 is 9.59 Å². The second-order valence-electron chi connectivity index (χ2n) is 2.77. The molecule has 0 bridgehead atoms. The Bertz CT molecular complexity index is 372. The standard InChI is InChI=1S/C9H10N2O2/c1-5(12)7-3-9(6(2)13)11-4-8(7)10/h3-4H,10H2,1-2H3. The molecule has 0 fully saturated rings. The predicted octanol–water partition coefficient (Wildman–Crippen LogP) is 1.07. The van der Waals surface area contributed by atoms with E-state index in [0.29, 0.717) is 11.3 Å². The lowest BCUT2D eigenvalue weighted by Crippen LogP contribution is -2.05. The van der Waals surface area contributed by atoms with E-state index >= 15 is 0 Å². The van der Waals surface area contributed by atoms with E-state index in [-0.39, 0.29) is 17.3 Å². The van der Waals surface area contributed by atoms with E-state index in [1.54, 1.807) is 0 Å². The van der Waals surface area contributed by atoms with Crippen LogP contribution in [0.3, 0.4) is 0 Å². The first kappa shape index (κ1) is 9.38. The van der Waals surface area contributed by atoms with Gasteiger partial charge < -0.3 is 5.73 Å². The SMILES string of the molecule is CC(=O)c1cc(C(C)=O)c(N)cn1. The summed E-state index contributed by atoms with van der Waals surface area (Å²) in [7, 11) is 0. The summed E-state index contributed by atoms with van der Waals surface area (Å²) in [6.07, 6.45) is 1.33. The molecule has 0 saturated carbocycles. The van der Waals surface area contributed by atoms with Gasteiger partial charge in [0, 0.05) is 12.5 Å². The summed E-state index contributed by atoms with van der Waals surface area (Å²) >= 11 is 0. The lowest BCUT2D eigenvalue weighted by atomic mass is 10.1. The summed E-state index contributed by atoms with van der Waals surface area (Å²) in [4.78, 5) is 25.7. The Hall–Kier alpha value is -1.71. The van der Waals surface area contributed by atoms with Gasteiger partial charge in [-0.1, -0.05) is 0 Å². The zero-order chi connectivity index (χ0) is 10.0. The van der Waals surface area contributed by atoms with Crippen LogP contribution in [0.2, 0.25) is 0 Å². The molecule has 0 saturated heterocycles. The van der Waals surface area contributed by atoms with Gasteiger partial charge >= 0.3 is 0 Å². The van der Waals surface area contributed by atoms with Gasteiger partial charge in [0.25, 0.3) is 0 Å². The number of ketones is 2. The molecule has 4 heteroatoms. The second kappa shape index (κ2) is 3.35. The van der Waals surface area contributed by atoms with Crippen molar-refractivity contribution in [3.8, 4) is 0 Å². The van der Waals surface area contributed by atoms with Gasteiger partial charge in [0.05, 0.1) is 11.9 Å². The average molecular weight is 178 g/mol. The van der Waals surface area contributed by atoms with E-state index in [1.165, 1.54) is 26.1 Å². The van der Waals surface area contributed by atoms with Crippen LogP contribution in [0.1, 0.15) is 34.7 Å². The number of nitrogens with two attached hydrogens (primary N) is 1. The van der Waals surface area contributed by atoms with Crippen LogP contribution in [-0.2, 0) is 0 Å². The number of rotatable bonds is 2. The van der Waals surface area contributed by atoms with Crippen LogP contribution in [0.25, 0.3) is 0 Å². The summed E-state index contributed by atoms with van der Waals surface area (Å²) < 4.78 is 0. The van der Waals surface area contributed by atoms with E-state index in [2.05, 4.69) is 4.98 Å². The minimum atomic E-state index is -0.178. The van der Waals surface area contributed by atoms with Crippen LogP contribution in [0.4, 0.5) is 5.69 Å². The molecular weight excluding hydrogens is 168 g/mol. The van der Waals surface area contributed by atoms with E-state index in [1.807, 2.05) is 0 Å². The highest BCUT2D eigenvalue weighted by atomic mass is 16.1. The molecule has 0 spiro atoms. The molecule has 2 N–H and O–H groups in total. The maximum absolute atomic E-state index is 11.0. The number of Topliss-reactive ketones (excluding diaryl/α,β-unsaturated/α-hetero) is 2. The third-order valence-corrected chi connectivity index (χ3v) is 1.67. The number of nitrogens with zero attached hydrogens (tertiary/aromatic N) is 1. The maximum Gasteiger partial charge on any atom is 0.178 e. The molecule has 1 heterocycles. The smallest absolute Gasteiger partial charge is 0.178 e. The zero-order valence-electron chi connectivity index (χ0n) is 7.50. The lowest BCUT2D eigenvalue weighted by Gasteiger charge is -2.02. The summed E-state index contributed by atoms with van der Waals surface area (Å²) in [5.74, 6) is -0.343. The van der Waals surface area contributed by atoms with Crippen LogP contribution in [0.5, 0.6) is 0 Å². The van der Waals surface area contributed by atoms with Crippen LogP contribution in [0, 0.1) is 0 Å². The molecule has 0 aliphatic carbocycles. The Labute approximate surface area is 75.8 Å². The maximum atomic E-state index is 11.0. The summed E-state index contributed by atoms with van der Waals surface area (Å²) in [6, 6.07) is 1.42. The van der Waals surface area contributed by atoms with E-state index in [9.17, 15) is 9.59 Å². The summed E-state index contributed by atoms with van der Waals surface area (Å²) in [6.45, 7) is 2.79. The van der Waals surface area contributed by atoms with Gasteiger partial charge in [0.1, 0.15) is 5.69 Å². The molecule has 0 aliphatic heterocycles. The van der Waals surface area contributed by atoms with Gasteiger partial charge in [0.2, 0.25) is 0 Å².